The Kier molecular flexibility index (Phi) is 4.66. The predicted molar refractivity (Wildman–Crippen MR) is 109 cm³/mol. The summed E-state index contributed by atoms with van der Waals surface area (Å²) in [5.74, 6) is -0.0498. The number of rotatable bonds is 3. The number of carbonyl (C=O) groups excluding carboxylic acids is 1. The van der Waals surface area contributed by atoms with E-state index in [1.165, 1.54) is 33.4 Å². The van der Waals surface area contributed by atoms with E-state index < -0.39 is 0 Å². The Hall–Kier alpha value is -2.73. The standard InChI is InChI=1S/C21H21N3O2S/c1-14-15(2)27-20-19(14)21(26)24(13-22-20)12-18(25)23-10-8-17(9-11-23)16-6-4-3-5-7-16/h3-8,13H,9-12H2,1-2H3. The lowest BCUT2D eigenvalue weighted by molar-refractivity contribution is -0.131. The molecule has 0 N–H and O–H groups in total. The second-order valence-corrected chi connectivity index (χ2v) is 8.03. The summed E-state index contributed by atoms with van der Waals surface area (Å²) in [5, 5.41) is 0.637. The summed E-state index contributed by atoms with van der Waals surface area (Å²) in [7, 11) is 0. The highest BCUT2D eigenvalue weighted by Crippen LogP contribution is 2.25. The van der Waals surface area contributed by atoms with E-state index in [9.17, 15) is 9.59 Å². The molecular formula is C21H21N3O2S. The molecule has 138 valence electrons. The van der Waals surface area contributed by atoms with Crippen LogP contribution >= 0.6 is 11.3 Å². The molecule has 1 aliphatic heterocycles. The van der Waals surface area contributed by atoms with Crippen molar-refractivity contribution in [3.8, 4) is 0 Å². The maximum atomic E-state index is 12.8. The topological polar surface area (TPSA) is 55.2 Å². The summed E-state index contributed by atoms with van der Waals surface area (Å²) in [5.41, 5.74) is 3.30. The number of amides is 1. The van der Waals surface area contributed by atoms with Gasteiger partial charge >= 0.3 is 0 Å². The molecule has 0 aliphatic carbocycles. The highest BCUT2D eigenvalue weighted by atomic mass is 32.1. The van der Waals surface area contributed by atoms with Crippen LogP contribution in [0.2, 0.25) is 0 Å². The Labute approximate surface area is 161 Å². The van der Waals surface area contributed by atoms with Gasteiger partial charge in [0.1, 0.15) is 11.4 Å². The van der Waals surface area contributed by atoms with Gasteiger partial charge in [-0.05, 0) is 37.0 Å². The van der Waals surface area contributed by atoms with Crippen LogP contribution in [0.4, 0.5) is 0 Å². The lowest BCUT2D eigenvalue weighted by Gasteiger charge is -2.27. The Morgan fingerprint density at radius 1 is 1.22 bits per heavy atom. The van der Waals surface area contributed by atoms with Crippen molar-refractivity contribution in [2.24, 2.45) is 0 Å². The van der Waals surface area contributed by atoms with Gasteiger partial charge in [0.15, 0.2) is 0 Å². The van der Waals surface area contributed by atoms with Gasteiger partial charge in [0.05, 0.1) is 11.7 Å². The van der Waals surface area contributed by atoms with E-state index in [0.29, 0.717) is 18.5 Å². The van der Waals surface area contributed by atoms with E-state index in [0.717, 1.165) is 21.7 Å². The lowest BCUT2D eigenvalue weighted by Crippen LogP contribution is -2.39. The van der Waals surface area contributed by atoms with Crippen LogP contribution in [0.25, 0.3) is 15.8 Å². The van der Waals surface area contributed by atoms with Gasteiger partial charge in [-0.15, -0.1) is 11.3 Å². The highest BCUT2D eigenvalue weighted by molar-refractivity contribution is 7.18. The second-order valence-electron chi connectivity index (χ2n) is 6.83. The van der Waals surface area contributed by atoms with Crippen LogP contribution in [-0.4, -0.2) is 33.4 Å². The van der Waals surface area contributed by atoms with Gasteiger partial charge in [0.2, 0.25) is 5.91 Å². The smallest absolute Gasteiger partial charge is 0.262 e. The normalized spacial score (nSPS) is 14.4. The van der Waals surface area contributed by atoms with Crippen LogP contribution in [0.5, 0.6) is 0 Å². The van der Waals surface area contributed by atoms with E-state index in [-0.39, 0.29) is 18.0 Å². The molecule has 3 aromatic rings. The van der Waals surface area contributed by atoms with E-state index >= 15 is 0 Å². The van der Waals surface area contributed by atoms with Crippen molar-refractivity contribution in [3.05, 3.63) is 69.1 Å². The highest BCUT2D eigenvalue weighted by Gasteiger charge is 2.20. The van der Waals surface area contributed by atoms with Gasteiger partial charge in [0.25, 0.3) is 5.56 Å². The SMILES string of the molecule is Cc1sc2ncn(CC(=O)N3CC=C(c4ccccc4)CC3)c(=O)c2c1C. The molecule has 5 nitrogen and oxygen atoms in total. The van der Waals surface area contributed by atoms with E-state index in [2.05, 4.69) is 23.2 Å². The Bertz CT molecular complexity index is 1100. The summed E-state index contributed by atoms with van der Waals surface area (Å²) in [6.07, 6.45) is 4.42. The second kappa shape index (κ2) is 7.12. The third-order valence-electron chi connectivity index (χ3n) is 5.17. The minimum Gasteiger partial charge on any atom is -0.337 e. The van der Waals surface area contributed by atoms with E-state index in [1.807, 2.05) is 32.0 Å². The first-order chi connectivity index (χ1) is 13.0. The number of hydrogen-bond acceptors (Lipinski definition) is 4. The maximum Gasteiger partial charge on any atom is 0.262 e. The van der Waals surface area contributed by atoms with Crippen molar-refractivity contribution in [2.45, 2.75) is 26.8 Å². The molecule has 1 aliphatic rings. The number of benzene rings is 1. The van der Waals surface area contributed by atoms with Gasteiger partial charge < -0.3 is 4.90 Å². The van der Waals surface area contributed by atoms with Gasteiger partial charge in [-0.25, -0.2) is 4.98 Å². The molecule has 0 fully saturated rings. The first kappa shape index (κ1) is 17.7. The van der Waals surface area contributed by atoms with Gasteiger partial charge in [-0.3, -0.25) is 14.2 Å². The first-order valence-corrected chi connectivity index (χ1v) is 9.83. The summed E-state index contributed by atoms with van der Waals surface area (Å²) < 4.78 is 1.43. The third kappa shape index (κ3) is 3.32. The minimum absolute atomic E-state index is 0.0324. The fourth-order valence-electron chi connectivity index (χ4n) is 3.44. The van der Waals surface area contributed by atoms with Crippen LogP contribution < -0.4 is 5.56 Å². The molecule has 0 radical (unpaired) electrons. The molecule has 1 aromatic carbocycles. The van der Waals surface area contributed by atoms with Crippen LogP contribution in [0.1, 0.15) is 22.4 Å². The van der Waals surface area contributed by atoms with Crippen molar-refractivity contribution < 1.29 is 4.79 Å². The molecular weight excluding hydrogens is 358 g/mol. The van der Waals surface area contributed by atoms with Crippen LogP contribution in [-0.2, 0) is 11.3 Å². The lowest BCUT2D eigenvalue weighted by atomic mass is 9.99. The zero-order valence-electron chi connectivity index (χ0n) is 15.4. The number of fused-ring (bicyclic) bond motifs is 1. The third-order valence-corrected chi connectivity index (χ3v) is 6.28. The first-order valence-electron chi connectivity index (χ1n) is 9.02. The minimum atomic E-state index is -0.132. The monoisotopic (exact) mass is 379 g/mol. The number of hydrogen-bond donors (Lipinski definition) is 0. The molecule has 4 rings (SSSR count). The van der Waals surface area contributed by atoms with Gasteiger partial charge in [0, 0.05) is 18.0 Å². The Morgan fingerprint density at radius 2 is 2.00 bits per heavy atom. The average molecular weight is 379 g/mol. The molecule has 0 atom stereocenters. The quantitative estimate of drug-likeness (QED) is 0.701. The Morgan fingerprint density at radius 3 is 2.70 bits per heavy atom. The summed E-state index contributed by atoms with van der Waals surface area (Å²) in [6, 6.07) is 10.2. The fraction of sp³-hybridized carbons (Fsp3) is 0.286. The molecule has 0 saturated carbocycles. The van der Waals surface area contributed by atoms with Crippen molar-refractivity contribution >= 4 is 33.0 Å². The van der Waals surface area contributed by atoms with Crippen molar-refractivity contribution in [3.63, 3.8) is 0 Å². The summed E-state index contributed by atoms with van der Waals surface area (Å²) in [4.78, 5) is 33.5. The van der Waals surface area contributed by atoms with Crippen LogP contribution in [0, 0.1) is 13.8 Å². The van der Waals surface area contributed by atoms with Crippen molar-refractivity contribution in [1.29, 1.82) is 0 Å². The zero-order chi connectivity index (χ0) is 19.0. The molecule has 3 heterocycles. The largest absolute Gasteiger partial charge is 0.337 e. The number of carbonyl (C=O) groups is 1. The fourth-order valence-corrected chi connectivity index (χ4v) is 4.43. The van der Waals surface area contributed by atoms with E-state index in [1.54, 1.807) is 4.90 Å². The molecule has 2 aromatic heterocycles. The summed E-state index contributed by atoms with van der Waals surface area (Å²) in [6.45, 7) is 5.19. The Balaban J connectivity index is 1.51. The molecule has 0 bridgehead atoms. The number of nitrogens with zero attached hydrogens (tertiary/aromatic N) is 3. The molecule has 1 amide bonds. The molecule has 27 heavy (non-hydrogen) atoms. The predicted octanol–water partition coefficient (Wildman–Crippen LogP) is 3.39. The number of thiophene rings is 1. The molecule has 6 heteroatoms. The maximum absolute atomic E-state index is 12.8. The van der Waals surface area contributed by atoms with Crippen molar-refractivity contribution in [1.82, 2.24) is 14.5 Å². The van der Waals surface area contributed by atoms with Crippen LogP contribution in [0.15, 0.2) is 47.5 Å². The molecule has 0 saturated heterocycles. The van der Waals surface area contributed by atoms with Crippen LogP contribution in [0.3, 0.4) is 0 Å². The number of aryl methyl sites for hydroxylation is 2. The van der Waals surface area contributed by atoms with Gasteiger partial charge in [-0.1, -0.05) is 36.4 Å². The zero-order valence-corrected chi connectivity index (χ0v) is 16.3. The molecule has 0 unspecified atom stereocenters. The molecule has 0 spiro atoms. The van der Waals surface area contributed by atoms with Gasteiger partial charge in [-0.2, -0.15) is 0 Å². The average Bonchev–Trinajstić information content (AvgIpc) is 2.99. The number of aromatic nitrogens is 2. The van der Waals surface area contributed by atoms with E-state index in [4.69, 9.17) is 0 Å². The van der Waals surface area contributed by atoms with Crippen molar-refractivity contribution in [2.75, 3.05) is 13.1 Å². The summed E-state index contributed by atoms with van der Waals surface area (Å²) >= 11 is 1.52.